The van der Waals surface area contributed by atoms with E-state index in [1.807, 2.05) is 0 Å². The molecule has 0 aliphatic heterocycles. The molecule has 8 heteroatoms. The van der Waals surface area contributed by atoms with Crippen molar-refractivity contribution in [2.75, 3.05) is 13.2 Å². The summed E-state index contributed by atoms with van der Waals surface area (Å²) in [6.07, 6.45) is 26.1. The van der Waals surface area contributed by atoms with Gasteiger partial charge in [0.1, 0.15) is 13.2 Å². The van der Waals surface area contributed by atoms with Gasteiger partial charge in [0.2, 0.25) is 11.1 Å². The lowest BCUT2D eigenvalue weighted by Gasteiger charge is -2.23. The molecule has 0 fully saturated rings. The van der Waals surface area contributed by atoms with Gasteiger partial charge in [0.25, 0.3) is 0 Å². The van der Waals surface area contributed by atoms with E-state index in [2.05, 4.69) is 20.8 Å². The number of nitrogens with zero attached hydrogens (tertiary/aromatic N) is 2. The lowest BCUT2D eigenvalue weighted by molar-refractivity contribution is -0.576. The van der Waals surface area contributed by atoms with Crippen molar-refractivity contribution in [3.63, 3.8) is 0 Å². The van der Waals surface area contributed by atoms with Gasteiger partial charge in [0.15, 0.2) is 0 Å². The number of hydrogen-bond acceptors (Lipinski definition) is 6. The largest absolute Gasteiger partial charge is 0.389 e. The number of aliphatic hydroxyl groups is 2. The molecule has 2 unspecified atom stereocenters. The fraction of sp³-hybridized carbons (Fsp3) is 1.00. The molecule has 0 aromatic rings. The first-order chi connectivity index (χ1) is 19.2. The summed E-state index contributed by atoms with van der Waals surface area (Å²) in [7, 11) is 0. The van der Waals surface area contributed by atoms with Crippen molar-refractivity contribution >= 4 is 0 Å². The summed E-state index contributed by atoms with van der Waals surface area (Å²) in [4.78, 5) is 21.5. The summed E-state index contributed by atoms with van der Waals surface area (Å²) in [5, 5.41) is 40.7. The maximum Gasteiger partial charge on any atom is 0.244 e. The molecule has 0 saturated heterocycles. The fourth-order valence-corrected chi connectivity index (χ4v) is 5.04. The van der Waals surface area contributed by atoms with Crippen molar-refractivity contribution < 1.29 is 20.1 Å². The first-order valence-corrected chi connectivity index (χ1v) is 16.7. The Morgan fingerprint density at radius 3 is 1.07 bits per heavy atom. The minimum Gasteiger partial charge on any atom is -0.389 e. The summed E-state index contributed by atoms with van der Waals surface area (Å²) in [6.45, 7) is 7.37. The van der Waals surface area contributed by atoms with Crippen LogP contribution in [0.1, 0.15) is 182 Å². The van der Waals surface area contributed by atoms with Crippen LogP contribution in [0, 0.1) is 20.2 Å². The van der Waals surface area contributed by atoms with Gasteiger partial charge in [0, 0.05) is 36.0 Å². The topological polar surface area (TPSA) is 127 Å². The third kappa shape index (κ3) is 21.5. The van der Waals surface area contributed by atoms with Gasteiger partial charge < -0.3 is 10.2 Å². The molecule has 2 atom stereocenters. The molecule has 0 saturated carbocycles. The molecule has 0 aliphatic carbocycles. The average molecular weight is 575 g/mol. The van der Waals surface area contributed by atoms with Crippen LogP contribution in [0.3, 0.4) is 0 Å². The highest BCUT2D eigenvalue weighted by molar-refractivity contribution is 4.79. The zero-order chi connectivity index (χ0) is 30.5. The zero-order valence-electron chi connectivity index (χ0n) is 26.8. The molecule has 0 aliphatic rings. The van der Waals surface area contributed by atoms with E-state index in [9.17, 15) is 25.3 Å². The maximum atomic E-state index is 11.4. The first-order valence-electron chi connectivity index (χ1n) is 16.7. The van der Waals surface area contributed by atoms with Crippen molar-refractivity contribution in [3.05, 3.63) is 20.2 Å². The highest BCUT2D eigenvalue weighted by Crippen LogP contribution is 2.26. The molecule has 0 spiro atoms. The molecule has 0 amide bonds. The Balaban J connectivity index is 0. The fourth-order valence-electron chi connectivity index (χ4n) is 5.04. The van der Waals surface area contributed by atoms with Crippen molar-refractivity contribution in [1.82, 2.24) is 0 Å². The van der Waals surface area contributed by atoms with Crippen LogP contribution >= 0.6 is 0 Å². The second-order valence-electron chi connectivity index (χ2n) is 12.2. The number of aliphatic hydroxyl groups excluding tert-OH is 2. The zero-order valence-corrected chi connectivity index (χ0v) is 26.8. The van der Waals surface area contributed by atoms with Crippen molar-refractivity contribution in [1.29, 1.82) is 0 Å². The highest BCUT2D eigenvalue weighted by atomic mass is 16.6. The first kappa shape index (κ1) is 40.9. The van der Waals surface area contributed by atoms with E-state index in [0.717, 1.165) is 51.4 Å². The Kier molecular flexibility index (Phi) is 28.5. The third-order valence-electron chi connectivity index (χ3n) is 8.27. The predicted molar refractivity (Wildman–Crippen MR) is 167 cm³/mol. The normalized spacial score (nSPS) is 14.2. The van der Waals surface area contributed by atoms with E-state index in [4.69, 9.17) is 5.11 Å². The van der Waals surface area contributed by atoms with E-state index in [1.165, 1.54) is 90.4 Å². The van der Waals surface area contributed by atoms with Gasteiger partial charge >= 0.3 is 0 Å². The summed E-state index contributed by atoms with van der Waals surface area (Å²) in [5.74, 6) is 0. The van der Waals surface area contributed by atoms with E-state index in [0.29, 0.717) is 19.3 Å². The van der Waals surface area contributed by atoms with E-state index >= 15 is 0 Å². The second kappa shape index (κ2) is 27.9. The SMILES string of the molecule is CCCCCCCCCCCC(C)(CO)[N+](=O)[O-].CCCCCCCCCCCC(CO)(CCCCC)[N+](=O)[O-]. The van der Waals surface area contributed by atoms with Crippen LogP contribution in [0.15, 0.2) is 0 Å². The number of unbranched alkanes of at least 4 members (excludes halogenated alkanes) is 18. The highest BCUT2D eigenvalue weighted by Gasteiger charge is 2.40. The van der Waals surface area contributed by atoms with Gasteiger partial charge in [-0.2, -0.15) is 0 Å². The van der Waals surface area contributed by atoms with E-state index in [1.54, 1.807) is 0 Å². The van der Waals surface area contributed by atoms with Gasteiger partial charge in [-0.25, -0.2) is 0 Å². The quantitative estimate of drug-likeness (QED) is 0.0544. The van der Waals surface area contributed by atoms with Gasteiger partial charge in [0.05, 0.1) is 0 Å². The number of nitro groups is 2. The van der Waals surface area contributed by atoms with Gasteiger partial charge in [-0.3, -0.25) is 20.2 Å². The number of rotatable bonds is 28. The molecule has 0 heterocycles. The molecular weight excluding hydrogens is 508 g/mol. The summed E-state index contributed by atoms with van der Waals surface area (Å²) < 4.78 is 0. The Labute approximate surface area is 246 Å². The molecule has 0 radical (unpaired) electrons. The van der Waals surface area contributed by atoms with Crippen LogP contribution in [0.4, 0.5) is 0 Å². The predicted octanol–water partition coefficient (Wildman–Crippen LogP) is 9.43. The molecule has 40 heavy (non-hydrogen) atoms. The summed E-state index contributed by atoms with van der Waals surface area (Å²) >= 11 is 0. The molecule has 240 valence electrons. The minimum absolute atomic E-state index is 0.229. The minimum atomic E-state index is -1.14. The summed E-state index contributed by atoms with van der Waals surface area (Å²) in [5.41, 5.74) is -2.22. The lowest BCUT2D eigenvalue weighted by atomic mass is 9.87. The number of hydrogen-bond donors (Lipinski definition) is 2. The monoisotopic (exact) mass is 574 g/mol. The Bertz CT molecular complexity index is 592. The average Bonchev–Trinajstić information content (AvgIpc) is 2.94. The van der Waals surface area contributed by atoms with Gasteiger partial charge in [-0.05, 0) is 19.3 Å². The standard InChI is InChI=1S/C18H37NO3.C14H29NO3/c1-3-5-7-8-9-10-11-12-14-16-18(17-20,19(21)22)15-13-6-4-2;1-3-4-5-6-7-8-9-10-11-12-14(2,13-16)15(17)18/h20H,3-17H2,1-2H3;16H,3-13H2,1-2H3. The van der Waals surface area contributed by atoms with E-state index in [-0.39, 0.29) is 23.1 Å². The van der Waals surface area contributed by atoms with Crippen molar-refractivity contribution in [2.24, 2.45) is 0 Å². The molecular formula is C32H66N2O6. The van der Waals surface area contributed by atoms with Crippen LogP contribution in [-0.4, -0.2) is 44.4 Å². The van der Waals surface area contributed by atoms with Gasteiger partial charge in [-0.1, -0.05) is 136 Å². The maximum absolute atomic E-state index is 11.4. The molecule has 8 nitrogen and oxygen atoms in total. The van der Waals surface area contributed by atoms with Crippen molar-refractivity contribution in [2.45, 2.75) is 193 Å². The van der Waals surface area contributed by atoms with Crippen LogP contribution in [0.2, 0.25) is 0 Å². The summed E-state index contributed by atoms with van der Waals surface area (Å²) in [6, 6.07) is 0. The smallest absolute Gasteiger partial charge is 0.244 e. The van der Waals surface area contributed by atoms with Gasteiger partial charge in [-0.15, -0.1) is 0 Å². The van der Waals surface area contributed by atoms with Crippen molar-refractivity contribution in [3.8, 4) is 0 Å². The molecule has 0 aromatic carbocycles. The Morgan fingerprint density at radius 2 is 0.775 bits per heavy atom. The Hall–Kier alpha value is -1.28. The second-order valence-corrected chi connectivity index (χ2v) is 12.2. The van der Waals surface area contributed by atoms with Crippen LogP contribution in [-0.2, 0) is 0 Å². The molecule has 0 rings (SSSR count). The van der Waals surface area contributed by atoms with Crippen LogP contribution in [0.5, 0.6) is 0 Å². The molecule has 0 bridgehead atoms. The molecule has 0 aromatic heterocycles. The third-order valence-corrected chi connectivity index (χ3v) is 8.27. The lowest BCUT2D eigenvalue weighted by Crippen LogP contribution is -2.42. The Morgan fingerprint density at radius 1 is 0.475 bits per heavy atom. The van der Waals surface area contributed by atoms with E-state index < -0.39 is 11.1 Å². The van der Waals surface area contributed by atoms with Crippen LogP contribution in [0.25, 0.3) is 0 Å². The van der Waals surface area contributed by atoms with Crippen LogP contribution < -0.4 is 0 Å². The molecule has 2 N–H and O–H groups in total.